The van der Waals surface area contributed by atoms with Gasteiger partial charge in [-0.25, -0.2) is 0 Å². The third-order valence-electron chi connectivity index (χ3n) is 4.27. The molecule has 0 aliphatic heterocycles. The van der Waals surface area contributed by atoms with Crippen LogP contribution in [0, 0.1) is 0 Å². The summed E-state index contributed by atoms with van der Waals surface area (Å²) in [6, 6.07) is 11.4. The second-order valence-corrected chi connectivity index (χ2v) is 6.32. The van der Waals surface area contributed by atoms with E-state index in [9.17, 15) is 9.59 Å². The van der Waals surface area contributed by atoms with Crippen LogP contribution in [0.25, 0.3) is 0 Å². The zero-order valence-corrected chi connectivity index (χ0v) is 15.4. The molecule has 2 rings (SSSR count). The molecule has 1 amide bonds. The minimum absolute atomic E-state index is 0.0112. The first-order valence-electron chi connectivity index (χ1n) is 9.01. The Hall–Kier alpha value is -2.76. The number of aromatic nitrogens is 1. The predicted molar refractivity (Wildman–Crippen MR) is 103 cm³/mol. The van der Waals surface area contributed by atoms with Gasteiger partial charge in [-0.05, 0) is 24.3 Å². The molecule has 6 nitrogen and oxygen atoms in total. The number of rotatable bonds is 9. The van der Waals surface area contributed by atoms with Crippen LogP contribution in [0.4, 0.5) is 0 Å². The van der Waals surface area contributed by atoms with Crippen molar-refractivity contribution < 1.29 is 9.53 Å². The third kappa shape index (κ3) is 5.12. The van der Waals surface area contributed by atoms with E-state index in [1.807, 2.05) is 25.1 Å². The van der Waals surface area contributed by atoms with Gasteiger partial charge in [0.25, 0.3) is 5.91 Å². The van der Waals surface area contributed by atoms with Crippen molar-refractivity contribution in [3.63, 3.8) is 0 Å². The first-order chi connectivity index (χ1) is 12.5. The number of hydrogen-bond donors (Lipinski definition) is 2. The molecule has 2 aromatic rings. The van der Waals surface area contributed by atoms with Gasteiger partial charge in [0.15, 0.2) is 11.4 Å². The molecule has 0 fully saturated rings. The van der Waals surface area contributed by atoms with Gasteiger partial charge in [-0.15, -0.1) is 0 Å². The molecule has 26 heavy (non-hydrogen) atoms. The van der Waals surface area contributed by atoms with Gasteiger partial charge < -0.3 is 15.9 Å². The van der Waals surface area contributed by atoms with Crippen molar-refractivity contribution in [2.45, 2.75) is 39.0 Å². The molecule has 140 valence electrons. The van der Waals surface area contributed by atoms with Crippen molar-refractivity contribution >= 4 is 5.91 Å². The lowest BCUT2D eigenvalue weighted by molar-refractivity contribution is 0.0939. The summed E-state index contributed by atoms with van der Waals surface area (Å²) in [6.45, 7) is 4.99. The van der Waals surface area contributed by atoms with Gasteiger partial charge in [-0.1, -0.05) is 50.6 Å². The normalized spacial score (nSPS) is 11.8. The van der Waals surface area contributed by atoms with Crippen LogP contribution in [0.15, 0.2) is 47.4 Å². The molecule has 6 heteroatoms. The maximum absolute atomic E-state index is 12.6. The number of amides is 1. The number of hydrogen-bond acceptors (Lipinski definition) is 4. The second-order valence-electron chi connectivity index (χ2n) is 6.32. The molecular formula is C20H27N3O3. The molecule has 0 aliphatic rings. The zero-order valence-electron chi connectivity index (χ0n) is 15.4. The maximum Gasteiger partial charge on any atom is 0.273 e. The fourth-order valence-electron chi connectivity index (χ4n) is 2.64. The second kappa shape index (κ2) is 9.65. The third-order valence-corrected chi connectivity index (χ3v) is 4.27. The molecule has 0 saturated heterocycles. The van der Waals surface area contributed by atoms with Gasteiger partial charge in [0.1, 0.15) is 0 Å². The molecule has 0 bridgehead atoms. The Balaban J connectivity index is 2.02. The van der Waals surface area contributed by atoms with Crippen LogP contribution in [0.2, 0.25) is 0 Å². The van der Waals surface area contributed by atoms with E-state index in [-0.39, 0.29) is 16.9 Å². The highest BCUT2D eigenvalue weighted by atomic mass is 16.5. The summed E-state index contributed by atoms with van der Waals surface area (Å²) in [7, 11) is 0. The number of nitrogens with zero attached hydrogens (tertiary/aromatic N) is 1. The molecule has 3 N–H and O–H groups in total. The lowest BCUT2D eigenvalue weighted by atomic mass is 9.98. The summed E-state index contributed by atoms with van der Waals surface area (Å²) in [5.74, 6) is 5.77. The minimum atomic E-state index is -0.406. The molecule has 1 aromatic heterocycles. The molecule has 0 aliphatic carbocycles. The first kappa shape index (κ1) is 19.6. The fraction of sp³-hybridized carbons (Fsp3) is 0.400. The molecular weight excluding hydrogens is 330 g/mol. The summed E-state index contributed by atoms with van der Waals surface area (Å²) in [4.78, 5) is 24.6. The average molecular weight is 357 g/mol. The van der Waals surface area contributed by atoms with E-state index in [0.29, 0.717) is 19.1 Å². The summed E-state index contributed by atoms with van der Waals surface area (Å²) in [5.41, 5.74) is 0.937. The van der Waals surface area contributed by atoms with Crippen molar-refractivity contribution in [1.29, 1.82) is 0 Å². The quantitative estimate of drug-likeness (QED) is 0.534. The highest BCUT2D eigenvalue weighted by Crippen LogP contribution is 2.18. The summed E-state index contributed by atoms with van der Waals surface area (Å²) in [5, 5.41) is 2.84. The van der Waals surface area contributed by atoms with Gasteiger partial charge in [-0.2, -0.15) is 0 Å². The van der Waals surface area contributed by atoms with Crippen LogP contribution < -0.4 is 21.3 Å². The number of carbonyl (C=O) groups excluding carboxylic acids is 1. The minimum Gasteiger partial charge on any atom is -0.487 e. The lowest BCUT2D eigenvalue weighted by Gasteiger charge is -2.15. The predicted octanol–water partition coefficient (Wildman–Crippen LogP) is 2.66. The number of benzene rings is 1. The number of pyridine rings is 1. The Labute approximate surface area is 153 Å². The van der Waals surface area contributed by atoms with Crippen molar-refractivity contribution in [2.75, 3.05) is 19.0 Å². The number of nitrogens with two attached hydrogens (primary N) is 1. The van der Waals surface area contributed by atoms with Crippen LogP contribution in [-0.4, -0.2) is 23.7 Å². The number of nitrogen functional groups attached to an aromatic ring is 1. The van der Waals surface area contributed by atoms with Crippen molar-refractivity contribution in [3.8, 4) is 5.75 Å². The van der Waals surface area contributed by atoms with E-state index in [1.165, 1.54) is 17.8 Å². The van der Waals surface area contributed by atoms with Gasteiger partial charge in [0, 0.05) is 18.8 Å². The van der Waals surface area contributed by atoms with E-state index >= 15 is 0 Å². The highest BCUT2D eigenvalue weighted by molar-refractivity contribution is 5.95. The molecule has 1 atom stereocenters. The number of ether oxygens (including phenoxy) is 1. The number of carbonyl (C=O) groups is 1. The van der Waals surface area contributed by atoms with Gasteiger partial charge in [-0.3, -0.25) is 14.3 Å². The molecule has 1 aromatic carbocycles. The van der Waals surface area contributed by atoms with E-state index in [2.05, 4.69) is 24.4 Å². The Bertz CT molecular complexity index is 772. The van der Waals surface area contributed by atoms with Crippen LogP contribution in [0.1, 0.15) is 55.1 Å². The standard InChI is InChI=1S/C20H27N3O3/c1-3-4-14-26-19-17(24)11-13-23(21)18(19)20(25)22-12-10-15(2)16-8-6-5-7-9-16/h5-9,11,13,15H,3-4,10,12,14,21H2,1-2H3,(H,22,25). The van der Waals surface area contributed by atoms with E-state index in [4.69, 9.17) is 10.6 Å². The van der Waals surface area contributed by atoms with Gasteiger partial charge >= 0.3 is 0 Å². The maximum atomic E-state index is 12.6. The lowest BCUT2D eigenvalue weighted by Crippen LogP contribution is -2.33. The van der Waals surface area contributed by atoms with E-state index in [0.717, 1.165) is 23.9 Å². The molecule has 0 spiro atoms. The number of unbranched alkanes of at least 4 members (excludes halogenated alkanes) is 1. The largest absolute Gasteiger partial charge is 0.487 e. The zero-order chi connectivity index (χ0) is 18.9. The Morgan fingerprint density at radius 3 is 2.69 bits per heavy atom. The summed E-state index contributed by atoms with van der Waals surface area (Å²) in [6.07, 6.45) is 3.89. The van der Waals surface area contributed by atoms with Crippen molar-refractivity contribution in [1.82, 2.24) is 9.99 Å². The van der Waals surface area contributed by atoms with Crippen LogP contribution in [0.3, 0.4) is 0 Å². The van der Waals surface area contributed by atoms with Crippen molar-refractivity contribution in [3.05, 3.63) is 64.1 Å². The Morgan fingerprint density at radius 1 is 1.27 bits per heavy atom. The summed E-state index contributed by atoms with van der Waals surface area (Å²) >= 11 is 0. The smallest absolute Gasteiger partial charge is 0.273 e. The average Bonchev–Trinajstić information content (AvgIpc) is 2.65. The van der Waals surface area contributed by atoms with E-state index in [1.54, 1.807) is 0 Å². The van der Waals surface area contributed by atoms with E-state index < -0.39 is 5.91 Å². The van der Waals surface area contributed by atoms with Crippen molar-refractivity contribution in [2.24, 2.45) is 0 Å². The molecule has 1 unspecified atom stereocenters. The molecule has 0 radical (unpaired) electrons. The SMILES string of the molecule is CCCCOc1c(C(=O)NCCC(C)c2ccccc2)n(N)ccc1=O. The first-order valence-corrected chi connectivity index (χ1v) is 9.01. The highest BCUT2D eigenvalue weighted by Gasteiger charge is 2.19. The fourth-order valence-corrected chi connectivity index (χ4v) is 2.64. The topological polar surface area (TPSA) is 86.3 Å². The van der Waals surface area contributed by atoms with Crippen LogP contribution in [0.5, 0.6) is 5.75 Å². The number of nitrogens with one attached hydrogen (secondary N) is 1. The molecule has 0 saturated carbocycles. The Kier molecular flexibility index (Phi) is 7.26. The van der Waals surface area contributed by atoms with Crippen LogP contribution >= 0.6 is 0 Å². The summed E-state index contributed by atoms with van der Waals surface area (Å²) < 4.78 is 6.67. The Morgan fingerprint density at radius 2 is 2.00 bits per heavy atom. The van der Waals surface area contributed by atoms with Gasteiger partial charge in [0.2, 0.25) is 5.43 Å². The van der Waals surface area contributed by atoms with Crippen LogP contribution in [-0.2, 0) is 0 Å². The monoisotopic (exact) mass is 357 g/mol. The van der Waals surface area contributed by atoms with Gasteiger partial charge in [0.05, 0.1) is 6.61 Å². The molecule has 1 heterocycles.